The molecule has 16 heavy (non-hydrogen) atoms. The van der Waals surface area contributed by atoms with Gasteiger partial charge in [0.25, 0.3) is 0 Å². The van der Waals surface area contributed by atoms with Crippen molar-refractivity contribution in [2.24, 2.45) is 0 Å². The van der Waals surface area contributed by atoms with Crippen LogP contribution in [0.15, 0.2) is 36.4 Å². The minimum Gasteiger partial charge on any atom is -0.376 e. The first-order valence-electron chi connectivity index (χ1n) is 5.39. The van der Waals surface area contributed by atoms with Gasteiger partial charge in [-0.05, 0) is 16.3 Å². The summed E-state index contributed by atoms with van der Waals surface area (Å²) in [4.78, 5) is 12.0. The number of ketones is 1. The van der Waals surface area contributed by atoms with E-state index in [1.165, 1.54) is 0 Å². The Balaban J connectivity index is 2.35. The Morgan fingerprint density at radius 3 is 2.81 bits per heavy atom. The van der Waals surface area contributed by atoms with Crippen LogP contribution in [0.3, 0.4) is 0 Å². The van der Waals surface area contributed by atoms with Gasteiger partial charge in [-0.25, -0.2) is 0 Å². The molecule has 0 spiro atoms. The predicted molar refractivity (Wildman–Crippen MR) is 62.6 cm³/mol. The molecule has 1 atom stereocenters. The van der Waals surface area contributed by atoms with Gasteiger partial charge in [-0.1, -0.05) is 36.4 Å². The van der Waals surface area contributed by atoms with Crippen LogP contribution < -0.4 is 0 Å². The Morgan fingerprint density at radius 2 is 2.00 bits per heavy atom. The van der Waals surface area contributed by atoms with Crippen molar-refractivity contribution in [1.29, 1.82) is 0 Å². The lowest BCUT2D eigenvalue weighted by molar-refractivity contribution is 0.0812. The second-order valence-electron chi connectivity index (χ2n) is 4.10. The highest BCUT2D eigenvalue weighted by Crippen LogP contribution is 2.37. The summed E-state index contributed by atoms with van der Waals surface area (Å²) in [7, 11) is 1.65. The summed E-state index contributed by atoms with van der Waals surface area (Å²) in [6, 6.07) is 12.1. The second-order valence-corrected chi connectivity index (χ2v) is 4.10. The number of methoxy groups -OCH3 is 1. The van der Waals surface area contributed by atoms with Crippen LogP contribution in [0, 0.1) is 0 Å². The van der Waals surface area contributed by atoms with Gasteiger partial charge in [0.05, 0.1) is 6.10 Å². The number of Topliss-reactive ketones (excluding diaryl/α,β-unsaturated/α-hetero) is 1. The molecule has 0 aromatic heterocycles. The third-order valence-electron chi connectivity index (χ3n) is 3.24. The van der Waals surface area contributed by atoms with Crippen molar-refractivity contribution in [3.8, 4) is 0 Å². The SMILES string of the molecule is CO[C@H]1CC(=O)c2c1ccc1ccccc21. The predicted octanol–water partition coefficient (Wildman–Crippen LogP) is 3.11. The molecular formula is C14H12O2. The Bertz CT molecular complexity index is 572. The molecule has 0 aliphatic heterocycles. The first kappa shape index (κ1) is 9.55. The van der Waals surface area contributed by atoms with Crippen LogP contribution in [-0.4, -0.2) is 12.9 Å². The van der Waals surface area contributed by atoms with Crippen LogP contribution in [0.4, 0.5) is 0 Å². The number of benzene rings is 2. The van der Waals surface area contributed by atoms with Crippen LogP contribution in [0.1, 0.15) is 28.4 Å². The first-order chi connectivity index (χ1) is 7.81. The van der Waals surface area contributed by atoms with Crippen LogP contribution in [-0.2, 0) is 4.74 Å². The first-order valence-corrected chi connectivity index (χ1v) is 5.39. The lowest BCUT2D eigenvalue weighted by Gasteiger charge is -2.08. The van der Waals surface area contributed by atoms with Crippen molar-refractivity contribution in [2.75, 3.05) is 7.11 Å². The maximum Gasteiger partial charge on any atom is 0.166 e. The molecule has 0 heterocycles. The molecule has 2 aromatic rings. The van der Waals surface area contributed by atoms with Gasteiger partial charge in [0.15, 0.2) is 5.78 Å². The van der Waals surface area contributed by atoms with Crippen molar-refractivity contribution in [1.82, 2.24) is 0 Å². The molecule has 1 aliphatic rings. The van der Waals surface area contributed by atoms with Crippen molar-refractivity contribution >= 4 is 16.6 Å². The summed E-state index contributed by atoms with van der Waals surface area (Å²) < 4.78 is 5.34. The minimum absolute atomic E-state index is 0.0629. The van der Waals surface area contributed by atoms with Crippen LogP contribution in [0.25, 0.3) is 10.8 Å². The molecule has 0 saturated carbocycles. The van der Waals surface area contributed by atoms with E-state index in [9.17, 15) is 4.79 Å². The van der Waals surface area contributed by atoms with E-state index in [1.54, 1.807) is 7.11 Å². The highest BCUT2D eigenvalue weighted by Gasteiger charge is 2.30. The summed E-state index contributed by atoms with van der Waals surface area (Å²) in [5, 5.41) is 2.16. The number of rotatable bonds is 1. The number of carbonyl (C=O) groups is 1. The lowest BCUT2D eigenvalue weighted by Crippen LogP contribution is -1.95. The average molecular weight is 212 g/mol. The van der Waals surface area contributed by atoms with Gasteiger partial charge in [0, 0.05) is 19.1 Å². The van der Waals surface area contributed by atoms with E-state index < -0.39 is 0 Å². The Kier molecular flexibility index (Phi) is 2.04. The molecule has 2 nitrogen and oxygen atoms in total. The fourth-order valence-electron chi connectivity index (χ4n) is 2.46. The van der Waals surface area contributed by atoms with Crippen molar-refractivity contribution in [2.45, 2.75) is 12.5 Å². The summed E-state index contributed by atoms with van der Waals surface area (Å²) in [5.41, 5.74) is 1.89. The molecule has 80 valence electrons. The lowest BCUT2D eigenvalue weighted by atomic mass is 10.0. The van der Waals surface area contributed by atoms with Gasteiger partial charge < -0.3 is 4.74 Å². The van der Waals surface area contributed by atoms with Crippen LogP contribution in [0.2, 0.25) is 0 Å². The fourth-order valence-corrected chi connectivity index (χ4v) is 2.46. The molecule has 0 bridgehead atoms. The molecule has 0 unspecified atom stereocenters. The number of carbonyl (C=O) groups excluding carboxylic acids is 1. The standard InChI is InChI=1S/C14H12O2/c1-16-13-8-12(15)14-10-5-3-2-4-9(10)6-7-11(13)14/h2-7,13H,8H2,1H3/t13-/m0/s1. The maximum atomic E-state index is 12.0. The number of fused-ring (bicyclic) bond motifs is 3. The van der Waals surface area contributed by atoms with Gasteiger partial charge >= 0.3 is 0 Å². The van der Waals surface area contributed by atoms with E-state index in [1.807, 2.05) is 30.3 Å². The van der Waals surface area contributed by atoms with Gasteiger partial charge in [0.1, 0.15) is 0 Å². The van der Waals surface area contributed by atoms with Crippen molar-refractivity contribution in [3.05, 3.63) is 47.5 Å². The maximum absolute atomic E-state index is 12.0. The van der Waals surface area contributed by atoms with Gasteiger partial charge in [-0.2, -0.15) is 0 Å². The Hall–Kier alpha value is -1.67. The van der Waals surface area contributed by atoms with Crippen LogP contribution >= 0.6 is 0 Å². The monoisotopic (exact) mass is 212 g/mol. The largest absolute Gasteiger partial charge is 0.376 e. The quantitative estimate of drug-likeness (QED) is 0.726. The summed E-state index contributed by atoms with van der Waals surface area (Å²) in [6.45, 7) is 0. The normalized spacial score (nSPS) is 19.1. The number of hydrogen-bond acceptors (Lipinski definition) is 2. The third kappa shape index (κ3) is 1.20. The highest BCUT2D eigenvalue weighted by molar-refractivity contribution is 6.11. The number of ether oxygens (including phenoxy) is 1. The summed E-state index contributed by atoms with van der Waals surface area (Å²) in [5.74, 6) is 0.193. The van der Waals surface area contributed by atoms with E-state index in [-0.39, 0.29) is 11.9 Å². The molecule has 0 amide bonds. The zero-order chi connectivity index (χ0) is 11.1. The molecular weight excluding hydrogens is 200 g/mol. The van der Waals surface area contributed by atoms with E-state index in [0.29, 0.717) is 6.42 Å². The zero-order valence-corrected chi connectivity index (χ0v) is 9.07. The van der Waals surface area contributed by atoms with Crippen molar-refractivity contribution in [3.63, 3.8) is 0 Å². The molecule has 2 heteroatoms. The van der Waals surface area contributed by atoms with E-state index in [4.69, 9.17) is 4.74 Å². The Labute approximate surface area is 93.8 Å². The molecule has 0 saturated heterocycles. The van der Waals surface area contributed by atoms with Crippen LogP contribution in [0.5, 0.6) is 0 Å². The number of hydrogen-bond donors (Lipinski definition) is 0. The van der Waals surface area contributed by atoms with Gasteiger partial charge in [0.2, 0.25) is 0 Å². The van der Waals surface area contributed by atoms with Gasteiger partial charge in [-0.15, -0.1) is 0 Å². The minimum atomic E-state index is -0.0629. The van der Waals surface area contributed by atoms with E-state index >= 15 is 0 Å². The molecule has 0 fully saturated rings. The van der Waals surface area contributed by atoms with E-state index in [0.717, 1.165) is 21.9 Å². The zero-order valence-electron chi connectivity index (χ0n) is 9.07. The topological polar surface area (TPSA) is 26.3 Å². The summed E-state index contributed by atoms with van der Waals surface area (Å²) >= 11 is 0. The smallest absolute Gasteiger partial charge is 0.166 e. The molecule has 3 rings (SSSR count). The Morgan fingerprint density at radius 1 is 1.19 bits per heavy atom. The molecule has 0 N–H and O–H groups in total. The van der Waals surface area contributed by atoms with E-state index in [2.05, 4.69) is 6.07 Å². The van der Waals surface area contributed by atoms with Gasteiger partial charge in [-0.3, -0.25) is 4.79 Å². The van der Waals surface area contributed by atoms with Crippen molar-refractivity contribution < 1.29 is 9.53 Å². The second kappa shape index (κ2) is 3.42. The molecule has 0 radical (unpaired) electrons. The average Bonchev–Trinajstić information content (AvgIpc) is 2.66. The fraction of sp³-hybridized carbons (Fsp3) is 0.214. The summed E-state index contributed by atoms with van der Waals surface area (Å²) in [6.07, 6.45) is 0.409. The molecule has 2 aromatic carbocycles. The molecule has 1 aliphatic carbocycles. The third-order valence-corrected chi connectivity index (χ3v) is 3.24. The highest BCUT2D eigenvalue weighted by atomic mass is 16.5.